The van der Waals surface area contributed by atoms with E-state index in [4.69, 9.17) is 9.47 Å². The molecule has 10 heteroatoms. The summed E-state index contributed by atoms with van der Waals surface area (Å²) in [4.78, 5) is 6.64. The minimum atomic E-state index is -3.02. The molecule has 3 aliphatic rings. The SMILES string of the molecule is COc1cccnc1-n1cc(CN2CCC3(CC2)OCC(F)(F)C2C=C(F)SC23)c(C)n1. The quantitative estimate of drug-likeness (QED) is 0.676. The number of allylic oxidation sites excluding steroid dienone is 1. The molecule has 0 radical (unpaired) electrons. The molecular weight excluding hydrogens is 441 g/mol. The van der Waals surface area contributed by atoms with Crippen molar-refractivity contribution >= 4 is 11.8 Å². The average Bonchev–Trinajstić information content (AvgIpc) is 3.37. The van der Waals surface area contributed by atoms with Crippen molar-refractivity contribution in [3.63, 3.8) is 0 Å². The van der Waals surface area contributed by atoms with Crippen LogP contribution in [-0.2, 0) is 11.3 Å². The Labute approximate surface area is 188 Å². The monoisotopic (exact) mass is 466 g/mol. The number of aryl methyl sites for hydroxylation is 1. The number of hydrogen-bond donors (Lipinski definition) is 0. The highest BCUT2D eigenvalue weighted by molar-refractivity contribution is 8.03. The second-order valence-corrected chi connectivity index (χ2v) is 9.77. The first-order valence-electron chi connectivity index (χ1n) is 10.6. The highest BCUT2D eigenvalue weighted by Crippen LogP contribution is 2.55. The molecule has 2 atom stereocenters. The number of hydrogen-bond acceptors (Lipinski definition) is 6. The number of alkyl halides is 2. The fourth-order valence-electron chi connectivity index (χ4n) is 4.89. The fraction of sp³-hybridized carbons (Fsp3) is 0.545. The van der Waals surface area contributed by atoms with Gasteiger partial charge < -0.3 is 9.47 Å². The van der Waals surface area contributed by atoms with Crippen LogP contribution >= 0.6 is 11.8 Å². The van der Waals surface area contributed by atoms with Crippen LogP contribution in [0.5, 0.6) is 5.75 Å². The lowest BCUT2D eigenvalue weighted by molar-refractivity contribution is -0.215. The Bertz CT molecular complexity index is 1040. The molecule has 5 heterocycles. The van der Waals surface area contributed by atoms with E-state index in [1.165, 1.54) is 0 Å². The fourth-order valence-corrected chi connectivity index (χ4v) is 6.30. The molecule has 172 valence electrons. The van der Waals surface area contributed by atoms with E-state index in [2.05, 4.69) is 15.0 Å². The molecule has 2 saturated heterocycles. The number of ether oxygens (including phenoxy) is 2. The van der Waals surface area contributed by atoms with Gasteiger partial charge >= 0.3 is 0 Å². The van der Waals surface area contributed by atoms with Crippen LogP contribution in [0.3, 0.4) is 0 Å². The van der Waals surface area contributed by atoms with Gasteiger partial charge in [-0.1, -0.05) is 11.8 Å². The zero-order chi connectivity index (χ0) is 22.5. The number of likely N-dealkylation sites (tertiary alicyclic amines) is 1. The molecule has 0 aliphatic carbocycles. The average molecular weight is 467 g/mol. The minimum Gasteiger partial charge on any atom is -0.493 e. The lowest BCUT2D eigenvalue weighted by atomic mass is 9.77. The van der Waals surface area contributed by atoms with E-state index in [1.807, 2.05) is 19.2 Å². The van der Waals surface area contributed by atoms with Crippen LogP contribution in [-0.4, -0.2) is 63.2 Å². The van der Waals surface area contributed by atoms with Gasteiger partial charge in [-0.05, 0) is 38.0 Å². The van der Waals surface area contributed by atoms with Crippen molar-refractivity contribution in [2.45, 2.75) is 43.1 Å². The van der Waals surface area contributed by atoms with Crippen molar-refractivity contribution in [1.82, 2.24) is 19.7 Å². The molecule has 0 saturated carbocycles. The van der Waals surface area contributed by atoms with Gasteiger partial charge in [0.05, 0.1) is 29.6 Å². The Hall–Kier alpha value is -2.04. The number of piperidine rings is 1. The Kier molecular flexibility index (Phi) is 5.50. The highest BCUT2D eigenvalue weighted by atomic mass is 32.2. The number of aromatic nitrogens is 3. The third-order valence-corrected chi connectivity index (χ3v) is 8.06. The van der Waals surface area contributed by atoms with Crippen LogP contribution < -0.4 is 4.74 Å². The summed E-state index contributed by atoms with van der Waals surface area (Å²) in [7, 11) is 1.60. The zero-order valence-corrected chi connectivity index (χ0v) is 18.7. The van der Waals surface area contributed by atoms with Crippen molar-refractivity contribution in [2.24, 2.45) is 5.92 Å². The van der Waals surface area contributed by atoms with Gasteiger partial charge in [0.2, 0.25) is 0 Å². The summed E-state index contributed by atoms with van der Waals surface area (Å²) in [6.45, 7) is 3.37. The number of rotatable bonds is 4. The summed E-state index contributed by atoms with van der Waals surface area (Å²) in [6.07, 6.45) is 5.93. The van der Waals surface area contributed by atoms with E-state index in [9.17, 15) is 13.2 Å². The predicted octanol–water partition coefficient (Wildman–Crippen LogP) is 4.13. The normalized spacial score (nSPS) is 26.7. The van der Waals surface area contributed by atoms with E-state index < -0.39 is 34.5 Å². The Morgan fingerprint density at radius 2 is 2.09 bits per heavy atom. The molecule has 0 N–H and O–H groups in total. The van der Waals surface area contributed by atoms with Crippen LogP contribution in [0, 0.1) is 12.8 Å². The summed E-state index contributed by atoms with van der Waals surface area (Å²) in [5.74, 6) is -2.86. The van der Waals surface area contributed by atoms with Gasteiger partial charge in [-0.25, -0.2) is 18.4 Å². The standard InChI is InChI=1S/C22H25F3N4O2S/c1-14-15(12-29(27-14)20-17(30-2)4-3-7-26-20)11-28-8-5-21(6-9-28)19-16(10-18(23)32-19)22(24,25)13-31-21/h3-4,7,10,12,16,19H,5-6,8-9,11,13H2,1-2H3. The van der Waals surface area contributed by atoms with Crippen LogP contribution in [0.15, 0.2) is 35.8 Å². The maximum absolute atomic E-state index is 14.3. The van der Waals surface area contributed by atoms with Crippen molar-refractivity contribution in [1.29, 1.82) is 0 Å². The maximum atomic E-state index is 14.3. The van der Waals surface area contributed by atoms with Gasteiger partial charge in [0.15, 0.2) is 16.7 Å². The predicted molar refractivity (Wildman–Crippen MR) is 115 cm³/mol. The van der Waals surface area contributed by atoms with Crippen molar-refractivity contribution in [3.05, 3.63) is 47.0 Å². The number of fused-ring (bicyclic) bond motifs is 2. The molecule has 0 bridgehead atoms. The van der Waals surface area contributed by atoms with E-state index in [1.54, 1.807) is 24.1 Å². The molecule has 2 fully saturated rings. The molecule has 0 aromatic carbocycles. The third-order valence-electron chi connectivity index (χ3n) is 6.72. The smallest absolute Gasteiger partial charge is 0.278 e. The molecule has 6 nitrogen and oxygen atoms in total. The topological polar surface area (TPSA) is 52.4 Å². The number of halogens is 3. The number of nitrogens with zero attached hydrogens (tertiary/aromatic N) is 4. The van der Waals surface area contributed by atoms with Gasteiger partial charge in [0.25, 0.3) is 5.92 Å². The molecule has 2 aromatic heterocycles. The zero-order valence-electron chi connectivity index (χ0n) is 17.9. The number of thioether (sulfide) groups is 1. The molecule has 3 aliphatic heterocycles. The lowest BCUT2D eigenvalue weighted by Crippen LogP contribution is -2.61. The molecule has 2 unspecified atom stereocenters. The van der Waals surface area contributed by atoms with Crippen molar-refractivity contribution in [2.75, 3.05) is 26.8 Å². The molecule has 2 aromatic rings. The van der Waals surface area contributed by atoms with Gasteiger partial charge in [0.1, 0.15) is 6.61 Å². The van der Waals surface area contributed by atoms with E-state index in [-0.39, 0.29) is 0 Å². The Morgan fingerprint density at radius 3 is 2.84 bits per heavy atom. The molecule has 32 heavy (non-hydrogen) atoms. The molecule has 5 rings (SSSR count). The third kappa shape index (κ3) is 3.72. The van der Waals surface area contributed by atoms with E-state index in [0.717, 1.165) is 29.1 Å². The first-order chi connectivity index (χ1) is 15.3. The number of methoxy groups -OCH3 is 1. The minimum absolute atomic E-state index is 0.514. The second kappa shape index (κ2) is 8.07. The van der Waals surface area contributed by atoms with Gasteiger partial charge in [-0.2, -0.15) is 9.49 Å². The lowest BCUT2D eigenvalue weighted by Gasteiger charge is -2.51. The first-order valence-corrected chi connectivity index (χ1v) is 11.5. The first kappa shape index (κ1) is 21.8. The largest absolute Gasteiger partial charge is 0.493 e. The van der Waals surface area contributed by atoms with Gasteiger partial charge in [-0.15, -0.1) is 0 Å². The Morgan fingerprint density at radius 1 is 1.31 bits per heavy atom. The van der Waals surface area contributed by atoms with Crippen LogP contribution in [0.1, 0.15) is 24.1 Å². The van der Waals surface area contributed by atoms with Crippen LogP contribution in [0.2, 0.25) is 0 Å². The Balaban J connectivity index is 1.28. The van der Waals surface area contributed by atoms with E-state index >= 15 is 0 Å². The number of pyridine rings is 1. The summed E-state index contributed by atoms with van der Waals surface area (Å²) in [5, 5.41) is 3.51. The highest BCUT2D eigenvalue weighted by Gasteiger charge is 2.60. The van der Waals surface area contributed by atoms with Gasteiger partial charge in [0, 0.05) is 37.6 Å². The molecule has 1 spiro atoms. The summed E-state index contributed by atoms with van der Waals surface area (Å²) < 4.78 is 55.4. The molecule has 0 amide bonds. The summed E-state index contributed by atoms with van der Waals surface area (Å²) in [5.41, 5.74) is 1.24. The van der Waals surface area contributed by atoms with Crippen LogP contribution in [0.4, 0.5) is 13.2 Å². The van der Waals surface area contributed by atoms with Crippen LogP contribution in [0.25, 0.3) is 5.82 Å². The molecular formula is C22H25F3N4O2S. The van der Waals surface area contributed by atoms with Gasteiger partial charge in [-0.3, -0.25) is 4.90 Å². The van der Waals surface area contributed by atoms with Crippen molar-refractivity contribution in [3.8, 4) is 11.6 Å². The maximum Gasteiger partial charge on any atom is 0.278 e. The second-order valence-electron chi connectivity index (χ2n) is 8.64. The summed E-state index contributed by atoms with van der Waals surface area (Å²) >= 11 is 0.908. The summed E-state index contributed by atoms with van der Waals surface area (Å²) in [6, 6.07) is 3.64. The van der Waals surface area contributed by atoms with E-state index in [0.29, 0.717) is 44.0 Å². The van der Waals surface area contributed by atoms with Crippen molar-refractivity contribution < 1.29 is 22.6 Å².